The van der Waals surface area contributed by atoms with Crippen LogP contribution in [0.25, 0.3) is 10.9 Å². The average molecular weight is 298 g/mol. The number of aromatic nitrogens is 1. The lowest BCUT2D eigenvalue weighted by atomic mass is 10.2. The van der Waals surface area contributed by atoms with Crippen molar-refractivity contribution in [1.29, 1.82) is 0 Å². The van der Waals surface area contributed by atoms with Crippen LogP contribution >= 0.6 is 11.6 Å². The van der Waals surface area contributed by atoms with Crippen LogP contribution in [0.15, 0.2) is 60.7 Å². The SMILES string of the molecule is O=C(OCc1ccccc1)c1cc(Cl)c2ccccc2n1. The van der Waals surface area contributed by atoms with E-state index in [0.717, 1.165) is 10.9 Å². The summed E-state index contributed by atoms with van der Waals surface area (Å²) in [5, 5.41) is 1.31. The second-order valence-corrected chi connectivity index (χ2v) is 4.98. The van der Waals surface area contributed by atoms with Gasteiger partial charge in [-0.1, -0.05) is 60.1 Å². The maximum Gasteiger partial charge on any atom is 0.357 e. The van der Waals surface area contributed by atoms with Crippen LogP contribution in [-0.4, -0.2) is 11.0 Å². The smallest absolute Gasteiger partial charge is 0.357 e. The number of hydrogen-bond donors (Lipinski definition) is 0. The largest absolute Gasteiger partial charge is 0.456 e. The summed E-state index contributed by atoms with van der Waals surface area (Å²) in [7, 11) is 0. The summed E-state index contributed by atoms with van der Waals surface area (Å²) < 4.78 is 5.26. The quantitative estimate of drug-likeness (QED) is 0.679. The zero-order valence-corrected chi connectivity index (χ0v) is 11.9. The van der Waals surface area contributed by atoms with Gasteiger partial charge in [0.2, 0.25) is 0 Å². The molecule has 3 nitrogen and oxygen atoms in total. The molecule has 0 fully saturated rings. The number of para-hydroxylation sites is 1. The molecule has 0 aliphatic rings. The van der Waals surface area contributed by atoms with Crippen molar-refractivity contribution < 1.29 is 9.53 Å². The van der Waals surface area contributed by atoms with Gasteiger partial charge in [-0.05, 0) is 17.7 Å². The van der Waals surface area contributed by atoms with Gasteiger partial charge in [0.15, 0.2) is 5.69 Å². The Morgan fingerprint density at radius 1 is 1.05 bits per heavy atom. The number of fused-ring (bicyclic) bond motifs is 1. The number of pyridine rings is 1. The van der Waals surface area contributed by atoms with Crippen molar-refractivity contribution in [3.05, 3.63) is 76.9 Å². The molecule has 0 saturated carbocycles. The predicted molar refractivity (Wildman–Crippen MR) is 82.3 cm³/mol. The van der Waals surface area contributed by atoms with Gasteiger partial charge in [0.1, 0.15) is 6.61 Å². The van der Waals surface area contributed by atoms with E-state index < -0.39 is 5.97 Å². The number of carbonyl (C=O) groups excluding carboxylic acids is 1. The number of nitrogens with zero attached hydrogens (tertiary/aromatic N) is 1. The third-order valence-corrected chi connectivity index (χ3v) is 3.40. The number of carbonyl (C=O) groups is 1. The zero-order chi connectivity index (χ0) is 14.7. The second-order valence-electron chi connectivity index (χ2n) is 4.57. The molecule has 4 heteroatoms. The first-order chi connectivity index (χ1) is 10.2. The van der Waals surface area contributed by atoms with Crippen molar-refractivity contribution in [2.45, 2.75) is 6.61 Å². The van der Waals surface area contributed by atoms with Gasteiger partial charge in [0.05, 0.1) is 10.5 Å². The summed E-state index contributed by atoms with van der Waals surface area (Å²) in [5.41, 5.74) is 1.82. The molecular formula is C17H12ClNO2. The van der Waals surface area contributed by atoms with E-state index in [-0.39, 0.29) is 12.3 Å². The first-order valence-corrected chi connectivity index (χ1v) is 6.88. The van der Waals surface area contributed by atoms with Crippen molar-refractivity contribution >= 4 is 28.5 Å². The molecule has 3 rings (SSSR count). The number of rotatable bonds is 3. The van der Waals surface area contributed by atoms with E-state index in [1.165, 1.54) is 6.07 Å². The minimum absolute atomic E-state index is 0.214. The van der Waals surface area contributed by atoms with Crippen LogP contribution in [0, 0.1) is 0 Å². The Labute approximate surface area is 127 Å². The fourth-order valence-corrected chi connectivity index (χ4v) is 2.30. The van der Waals surface area contributed by atoms with Gasteiger partial charge in [0.25, 0.3) is 0 Å². The van der Waals surface area contributed by atoms with E-state index >= 15 is 0 Å². The van der Waals surface area contributed by atoms with Crippen LogP contribution < -0.4 is 0 Å². The highest BCUT2D eigenvalue weighted by atomic mass is 35.5. The highest BCUT2D eigenvalue weighted by molar-refractivity contribution is 6.35. The van der Waals surface area contributed by atoms with E-state index in [2.05, 4.69) is 4.98 Å². The van der Waals surface area contributed by atoms with E-state index in [4.69, 9.17) is 16.3 Å². The molecule has 0 spiro atoms. The minimum Gasteiger partial charge on any atom is -0.456 e. The molecule has 0 N–H and O–H groups in total. The second kappa shape index (κ2) is 5.94. The lowest BCUT2D eigenvalue weighted by Crippen LogP contribution is -2.07. The molecule has 0 aliphatic carbocycles. The lowest BCUT2D eigenvalue weighted by molar-refractivity contribution is 0.0466. The minimum atomic E-state index is -0.480. The van der Waals surface area contributed by atoms with Gasteiger partial charge < -0.3 is 4.74 Å². The van der Waals surface area contributed by atoms with E-state index in [9.17, 15) is 4.79 Å². The Bertz CT molecular complexity index is 787. The number of hydrogen-bond acceptors (Lipinski definition) is 3. The molecule has 0 atom stereocenters. The third-order valence-electron chi connectivity index (χ3n) is 3.09. The Morgan fingerprint density at radius 2 is 1.76 bits per heavy atom. The molecule has 104 valence electrons. The van der Waals surface area contributed by atoms with Crippen molar-refractivity contribution in [3.63, 3.8) is 0 Å². The summed E-state index contributed by atoms with van der Waals surface area (Å²) in [6.45, 7) is 0.214. The zero-order valence-electron chi connectivity index (χ0n) is 11.1. The molecule has 0 radical (unpaired) electrons. The van der Waals surface area contributed by atoms with E-state index in [1.54, 1.807) is 0 Å². The number of halogens is 1. The van der Waals surface area contributed by atoms with Gasteiger partial charge in [0, 0.05) is 5.39 Å². The number of esters is 1. The Balaban J connectivity index is 1.81. The van der Waals surface area contributed by atoms with Crippen molar-refractivity contribution in [3.8, 4) is 0 Å². The first kappa shape index (κ1) is 13.6. The molecule has 0 unspecified atom stereocenters. The van der Waals surface area contributed by atoms with Gasteiger partial charge in [-0.25, -0.2) is 9.78 Å². The van der Waals surface area contributed by atoms with Gasteiger partial charge >= 0.3 is 5.97 Å². The number of benzene rings is 2. The van der Waals surface area contributed by atoms with Gasteiger partial charge in [-0.15, -0.1) is 0 Å². The molecule has 2 aromatic carbocycles. The summed E-state index contributed by atoms with van der Waals surface area (Å²) in [5.74, 6) is -0.480. The van der Waals surface area contributed by atoms with Crippen molar-refractivity contribution in [2.24, 2.45) is 0 Å². The molecule has 0 aliphatic heterocycles. The van der Waals surface area contributed by atoms with Gasteiger partial charge in [-0.3, -0.25) is 0 Å². The molecule has 3 aromatic rings. The summed E-state index contributed by atoms with van der Waals surface area (Å²) in [6.07, 6.45) is 0. The molecule has 0 saturated heterocycles. The number of ether oxygens (including phenoxy) is 1. The van der Waals surface area contributed by atoms with Crippen LogP contribution in [0.1, 0.15) is 16.1 Å². The van der Waals surface area contributed by atoms with Crippen LogP contribution in [0.4, 0.5) is 0 Å². The predicted octanol–water partition coefficient (Wildman–Crippen LogP) is 4.25. The molecular weight excluding hydrogens is 286 g/mol. The summed E-state index contributed by atoms with van der Waals surface area (Å²) in [4.78, 5) is 16.4. The van der Waals surface area contributed by atoms with Gasteiger partial charge in [-0.2, -0.15) is 0 Å². The van der Waals surface area contributed by atoms with Crippen molar-refractivity contribution in [1.82, 2.24) is 4.98 Å². The third kappa shape index (κ3) is 3.03. The van der Waals surface area contributed by atoms with E-state index in [0.29, 0.717) is 10.5 Å². The molecule has 0 bridgehead atoms. The fraction of sp³-hybridized carbons (Fsp3) is 0.0588. The summed E-state index contributed by atoms with van der Waals surface area (Å²) in [6, 6.07) is 18.4. The Kier molecular flexibility index (Phi) is 3.84. The fourth-order valence-electron chi connectivity index (χ4n) is 2.03. The lowest BCUT2D eigenvalue weighted by Gasteiger charge is -2.06. The molecule has 0 amide bonds. The monoisotopic (exact) mass is 297 g/mol. The van der Waals surface area contributed by atoms with E-state index in [1.807, 2.05) is 54.6 Å². The highest BCUT2D eigenvalue weighted by Crippen LogP contribution is 2.23. The van der Waals surface area contributed by atoms with Crippen LogP contribution in [-0.2, 0) is 11.3 Å². The molecule has 21 heavy (non-hydrogen) atoms. The van der Waals surface area contributed by atoms with Crippen LogP contribution in [0.5, 0.6) is 0 Å². The standard InChI is InChI=1S/C17H12ClNO2/c18-14-10-16(19-15-9-5-4-8-13(14)15)17(20)21-11-12-6-2-1-3-7-12/h1-10H,11H2. The van der Waals surface area contributed by atoms with Crippen LogP contribution in [0.2, 0.25) is 5.02 Å². The maximum absolute atomic E-state index is 12.1. The Hall–Kier alpha value is -2.39. The molecule has 1 aromatic heterocycles. The first-order valence-electron chi connectivity index (χ1n) is 6.50. The summed E-state index contributed by atoms with van der Waals surface area (Å²) >= 11 is 6.18. The Morgan fingerprint density at radius 3 is 2.57 bits per heavy atom. The highest BCUT2D eigenvalue weighted by Gasteiger charge is 2.12. The normalized spacial score (nSPS) is 10.5. The topological polar surface area (TPSA) is 39.2 Å². The van der Waals surface area contributed by atoms with Crippen LogP contribution in [0.3, 0.4) is 0 Å². The maximum atomic E-state index is 12.1. The van der Waals surface area contributed by atoms with Crippen molar-refractivity contribution in [2.75, 3.05) is 0 Å². The molecule has 1 heterocycles. The average Bonchev–Trinajstić information content (AvgIpc) is 2.53.